The Morgan fingerprint density at radius 2 is 1.79 bits per heavy atom. The standard InChI is InChI=1S/C21H38N2O15/c1-9(25)23-13-10(26)6-21(20(32)33,38-18(13)14(28)11(27)7-24)36-8-12-15(29)16(30)17(31)19(37-12)35-5-4-34-3-2-22/h10-19,24,26-31H,2-8,22H2,1H3,(H,23,25)(H,32,33)/t10-,11+,12+,13+,14-,15-,16-,17+,18+,19+,21+/m0/s1. The van der Waals surface area contributed by atoms with Gasteiger partial charge in [-0.15, -0.1) is 0 Å². The van der Waals surface area contributed by atoms with Crippen LogP contribution in [0.3, 0.4) is 0 Å². The highest BCUT2D eigenvalue weighted by Crippen LogP contribution is 2.34. The first-order valence-corrected chi connectivity index (χ1v) is 11.9. The minimum Gasteiger partial charge on any atom is -0.477 e. The first-order valence-electron chi connectivity index (χ1n) is 11.9. The van der Waals surface area contributed by atoms with Crippen LogP contribution in [-0.4, -0.2) is 159 Å². The maximum atomic E-state index is 12.2. The molecule has 2 heterocycles. The van der Waals surface area contributed by atoms with Crippen molar-refractivity contribution in [1.29, 1.82) is 0 Å². The van der Waals surface area contributed by atoms with Crippen LogP contribution >= 0.6 is 0 Å². The van der Waals surface area contributed by atoms with Gasteiger partial charge in [0.25, 0.3) is 5.79 Å². The summed E-state index contributed by atoms with van der Waals surface area (Å²) in [5.41, 5.74) is 5.31. The second-order valence-corrected chi connectivity index (χ2v) is 8.98. The average Bonchev–Trinajstić information content (AvgIpc) is 2.87. The maximum absolute atomic E-state index is 12.2. The molecule has 0 radical (unpaired) electrons. The van der Waals surface area contributed by atoms with Crippen molar-refractivity contribution >= 4 is 11.9 Å². The van der Waals surface area contributed by atoms with E-state index in [4.69, 9.17) is 29.4 Å². The van der Waals surface area contributed by atoms with Gasteiger partial charge in [-0.05, 0) is 0 Å². The third-order valence-corrected chi connectivity index (χ3v) is 6.11. The molecule has 2 saturated heterocycles. The van der Waals surface area contributed by atoms with E-state index in [2.05, 4.69) is 5.32 Å². The van der Waals surface area contributed by atoms with Gasteiger partial charge in [-0.3, -0.25) is 4.79 Å². The van der Waals surface area contributed by atoms with Gasteiger partial charge in [-0.2, -0.15) is 0 Å². The lowest BCUT2D eigenvalue weighted by molar-refractivity contribution is -0.339. The molecule has 2 aliphatic heterocycles. The number of aliphatic hydroxyl groups is 7. The molecule has 1 amide bonds. The van der Waals surface area contributed by atoms with E-state index < -0.39 is 98.5 Å². The van der Waals surface area contributed by atoms with Gasteiger partial charge in [0.1, 0.15) is 42.7 Å². The Bertz CT molecular complexity index is 762. The van der Waals surface area contributed by atoms with Crippen LogP contribution in [0.25, 0.3) is 0 Å². The first-order chi connectivity index (χ1) is 17.9. The van der Waals surface area contributed by atoms with Crippen molar-refractivity contribution < 1.29 is 74.1 Å². The summed E-state index contributed by atoms with van der Waals surface area (Å²) in [5, 5.41) is 83.2. The number of aliphatic carboxylic acids is 1. The largest absolute Gasteiger partial charge is 0.477 e. The van der Waals surface area contributed by atoms with Crippen LogP contribution in [0.1, 0.15) is 13.3 Å². The number of nitrogens with two attached hydrogens (primary N) is 1. The van der Waals surface area contributed by atoms with Gasteiger partial charge in [-0.1, -0.05) is 0 Å². The van der Waals surface area contributed by atoms with Gasteiger partial charge in [0.05, 0.1) is 45.2 Å². The van der Waals surface area contributed by atoms with Crippen LogP contribution in [0.15, 0.2) is 0 Å². The predicted molar refractivity (Wildman–Crippen MR) is 121 cm³/mol. The molecule has 0 aromatic carbocycles. The topological polar surface area (TPSA) is 280 Å². The van der Waals surface area contributed by atoms with Crippen molar-refractivity contribution in [3.63, 3.8) is 0 Å². The fraction of sp³-hybridized carbons (Fsp3) is 0.905. The number of carbonyl (C=O) groups excluding carboxylic acids is 1. The Labute approximate surface area is 217 Å². The SMILES string of the molecule is CC(=O)N[C@H]1[C@H]([C@@H](O)[C@H](O)CO)O[C@@](OC[C@H]2O[C@@H](OCCOCCN)[C@H](O)[C@@H](O)[C@H]2O)(C(=O)O)C[C@@H]1O. The van der Waals surface area contributed by atoms with Crippen LogP contribution < -0.4 is 11.1 Å². The zero-order chi connectivity index (χ0) is 28.6. The van der Waals surface area contributed by atoms with Crippen molar-refractivity contribution in [1.82, 2.24) is 5.32 Å². The highest BCUT2D eigenvalue weighted by atomic mass is 16.7. The summed E-state index contributed by atoms with van der Waals surface area (Å²) in [5.74, 6) is -5.13. The molecule has 0 bridgehead atoms. The number of carboxylic acids is 1. The number of hydrogen-bond donors (Lipinski definition) is 10. The molecular weight excluding hydrogens is 520 g/mol. The Morgan fingerprint density at radius 1 is 1.11 bits per heavy atom. The van der Waals surface area contributed by atoms with Gasteiger partial charge in [0, 0.05) is 19.9 Å². The van der Waals surface area contributed by atoms with E-state index in [0.29, 0.717) is 0 Å². The second-order valence-electron chi connectivity index (χ2n) is 8.98. The number of carboxylic acid groups (broad SMARTS) is 1. The molecule has 0 aliphatic carbocycles. The minimum absolute atomic E-state index is 0.0796. The molecule has 0 aromatic rings. The van der Waals surface area contributed by atoms with Crippen LogP contribution in [0.4, 0.5) is 0 Å². The molecule has 17 heteroatoms. The minimum atomic E-state index is -2.69. The lowest BCUT2D eigenvalue weighted by atomic mass is 9.88. The summed E-state index contributed by atoms with van der Waals surface area (Å²) >= 11 is 0. The van der Waals surface area contributed by atoms with Gasteiger partial charge < -0.3 is 75.6 Å². The van der Waals surface area contributed by atoms with E-state index in [9.17, 15) is 50.4 Å². The summed E-state index contributed by atoms with van der Waals surface area (Å²) in [7, 11) is 0. The van der Waals surface area contributed by atoms with Crippen molar-refractivity contribution in [3.05, 3.63) is 0 Å². The molecular formula is C21H38N2O15. The molecule has 222 valence electrons. The van der Waals surface area contributed by atoms with Crippen LogP contribution in [0.2, 0.25) is 0 Å². The molecule has 17 nitrogen and oxygen atoms in total. The Morgan fingerprint density at radius 3 is 2.37 bits per heavy atom. The van der Waals surface area contributed by atoms with Crippen LogP contribution in [-0.2, 0) is 33.3 Å². The summed E-state index contributed by atoms with van der Waals surface area (Å²) in [6.07, 6.45) is -16.2. The van der Waals surface area contributed by atoms with E-state index in [-0.39, 0.29) is 26.4 Å². The maximum Gasteiger partial charge on any atom is 0.364 e. The molecule has 0 saturated carbocycles. The second kappa shape index (κ2) is 14.7. The predicted octanol–water partition coefficient (Wildman–Crippen LogP) is -6.05. The normalized spacial score (nSPS) is 37.4. The summed E-state index contributed by atoms with van der Waals surface area (Å²) in [4.78, 5) is 23.8. The lowest BCUT2D eigenvalue weighted by Gasteiger charge is -2.47. The third-order valence-electron chi connectivity index (χ3n) is 6.11. The average molecular weight is 559 g/mol. The monoisotopic (exact) mass is 558 g/mol. The van der Waals surface area contributed by atoms with E-state index in [0.717, 1.165) is 6.92 Å². The first kappa shape index (κ1) is 32.6. The van der Waals surface area contributed by atoms with E-state index in [1.54, 1.807) is 0 Å². The van der Waals surface area contributed by atoms with Crippen LogP contribution in [0, 0.1) is 0 Å². The summed E-state index contributed by atoms with van der Waals surface area (Å²) in [6, 6.07) is -1.40. The highest BCUT2D eigenvalue weighted by molar-refractivity contribution is 5.76. The van der Waals surface area contributed by atoms with Crippen LogP contribution in [0.5, 0.6) is 0 Å². The molecule has 0 spiro atoms. The number of amides is 1. The molecule has 2 rings (SSSR count). The van der Waals surface area contributed by atoms with Gasteiger partial charge in [0.15, 0.2) is 6.29 Å². The van der Waals surface area contributed by atoms with Gasteiger partial charge in [-0.25, -0.2) is 4.79 Å². The smallest absolute Gasteiger partial charge is 0.364 e. The summed E-state index contributed by atoms with van der Waals surface area (Å²) in [6.45, 7) is -0.0995. The number of ether oxygens (including phenoxy) is 5. The Balaban J connectivity index is 2.19. The fourth-order valence-corrected chi connectivity index (χ4v) is 4.09. The zero-order valence-corrected chi connectivity index (χ0v) is 20.7. The molecule has 0 unspecified atom stereocenters. The fourth-order valence-electron chi connectivity index (χ4n) is 4.09. The highest BCUT2D eigenvalue weighted by Gasteiger charge is 2.56. The zero-order valence-electron chi connectivity index (χ0n) is 20.7. The van der Waals surface area contributed by atoms with Gasteiger partial charge in [0.2, 0.25) is 5.91 Å². The molecule has 2 fully saturated rings. The van der Waals surface area contributed by atoms with Crippen molar-refractivity contribution in [2.24, 2.45) is 5.73 Å². The van der Waals surface area contributed by atoms with E-state index in [1.807, 2.05) is 0 Å². The number of rotatable bonds is 14. The lowest BCUT2D eigenvalue weighted by Crippen LogP contribution is -2.68. The van der Waals surface area contributed by atoms with E-state index in [1.165, 1.54) is 0 Å². The Hall–Kier alpha value is -1.58. The van der Waals surface area contributed by atoms with Crippen molar-refractivity contribution in [3.8, 4) is 0 Å². The molecule has 0 aromatic heterocycles. The third kappa shape index (κ3) is 7.98. The molecule has 2 aliphatic rings. The van der Waals surface area contributed by atoms with Crippen molar-refractivity contribution in [2.75, 3.05) is 39.6 Å². The quantitative estimate of drug-likeness (QED) is 0.0888. The molecule has 38 heavy (non-hydrogen) atoms. The van der Waals surface area contributed by atoms with E-state index >= 15 is 0 Å². The molecule has 11 N–H and O–H groups in total. The van der Waals surface area contributed by atoms with Crippen molar-refractivity contribution in [2.45, 2.75) is 80.3 Å². The summed E-state index contributed by atoms with van der Waals surface area (Å²) < 4.78 is 26.8. The Kier molecular flexibility index (Phi) is 12.6. The van der Waals surface area contributed by atoms with Gasteiger partial charge >= 0.3 is 5.97 Å². The number of nitrogens with one attached hydrogen (secondary N) is 1. The molecule has 11 atom stereocenters. The number of aliphatic hydroxyl groups excluding tert-OH is 7. The number of carbonyl (C=O) groups is 2. The number of hydrogen-bond acceptors (Lipinski definition) is 15.